The lowest BCUT2D eigenvalue weighted by molar-refractivity contribution is -0.146. The van der Waals surface area contributed by atoms with Crippen molar-refractivity contribution in [2.45, 2.75) is 12.5 Å². The van der Waals surface area contributed by atoms with E-state index in [2.05, 4.69) is 0 Å². The molecule has 106 valence electrons. The van der Waals surface area contributed by atoms with Crippen LogP contribution in [0.15, 0.2) is 30.3 Å². The number of carbonyl (C=O) groups excluding carboxylic acids is 1. The molecule has 1 aromatic rings. The second-order valence-electron chi connectivity index (χ2n) is 3.85. The Balaban J connectivity index is 2.69. The maximum Gasteiger partial charge on any atom is 0.326 e. The molecule has 3 N–H and O–H groups in total. The van der Waals surface area contributed by atoms with Crippen molar-refractivity contribution in [1.82, 2.24) is 5.32 Å². The van der Waals surface area contributed by atoms with Gasteiger partial charge in [0.25, 0.3) is 0 Å². The molecule has 0 aliphatic rings. The molecule has 0 radical (unpaired) electrons. The largest absolute Gasteiger partial charge is 0.481 e. The normalized spacial score (nSPS) is 12.1. The third-order valence-electron chi connectivity index (χ3n) is 2.31. The molecule has 0 aromatic heterocycles. The first kappa shape index (κ1) is 15.4. The first-order valence-corrected chi connectivity index (χ1v) is 5.58. The molecule has 0 heterocycles. The number of nitrogens with one attached hydrogen (secondary N) is 1. The number of hydrogen-bond donors (Lipinski definition) is 3. The molecule has 0 unspecified atom stereocenters. The third kappa shape index (κ3) is 4.89. The summed E-state index contributed by atoms with van der Waals surface area (Å²) in [5.41, 5.74) is 0.160. The van der Waals surface area contributed by atoms with E-state index < -0.39 is 36.1 Å². The fourth-order valence-corrected chi connectivity index (χ4v) is 1.37. The summed E-state index contributed by atoms with van der Waals surface area (Å²) in [6.07, 6.45) is 1.37. The number of amides is 1. The number of carboxylic acid groups (broad SMARTS) is 2. The highest BCUT2D eigenvalue weighted by Crippen LogP contribution is 2.07. The Morgan fingerprint density at radius 3 is 2.45 bits per heavy atom. The zero-order valence-corrected chi connectivity index (χ0v) is 10.2. The summed E-state index contributed by atoms with van der Waals surface area (Å²) in [5.74, 6) is -4.16. The van der Waals surface area contributed by atoms with Gasteiger partial charge in [0.05, 0.1) is 6.42 Å². The number of carboxylic acids is 2. The molecule has 0 fully saturated rings. The summed E-state index contributed by atoms with van der Waals surface area (Å²) >= 11 is 0. The number of aliphatic carboxylic acids is 2. The van der Waals surface area contributed by atoms with Gasteiger partial charge in [0.1, 0.15) is 11.9 Å². The Labute approximate surface area is 113 Å². The number of halogens is 1. The Kier molecular flexibility index (Phi) is 5.40. The van der Waals surface area contributed by atoms with E-state index in [9.17, 15) is 18.8 Å². The van der Waals surface area contributed by atoms with Gasteiger partial charge >= 0.3 is 11.9 Å². The van der Waals surface area contributed by atoms with E-state index in [-0.39, 0.29) is 5.56 Å². The van der Waals surface area contributed by atoms with Gasteiger partial charge in [0.15, 0.2) is 0 Å². The average Bonchev–Trinajstić information content (AvgIpc) is 2.36. The van der Waals surface area contributed by atoms with Gasteiger partial charge in [0, 0.05) is 11.6 Å². The van der Waals surface area contributed by atoms with Crippen LogP contribution in [-0.2, 0) is 14.4 Å². The molecule has 0 saturated carbocycles. The zero-order chi connectivity index (χ0) is 15.1. The molecular formula is C13H12FNO5. The molecule has 7 heteroatoms. The van der Waals surface area contributed by atoms with Crippen molar-refractivity contribution in [1.29, 1.82) is 0 Å². The van der Waals surface area contributed by atoms with Crippen LogP contribution in [-0.4, -0.2) is 34.1 Å². The van der Waals surface area contributed by atoms with E-state index in [1.165, 1.54) is 24.3 Å². The van der Waals surface area contributed by atoms with Gasteiger partial charge < -0.3 is 15.5 Å². The van der Waals surface area contributed by atoms with Crippen molar-refractivity contribution in [3.63, 3.8) is 0 Å². The van der Waals surface area contributed by atoms with Crippen LogP contribution in [0.1, 0.15) is 12.0 Å². The second kappa shape index (κ2) is 7.03. The van der Waals surface area contributed by atoms with Crippen LogP contribution in [0.3, 0.4) is 0 Å². The quantitative estimate of drug-likeness (QED) is 0.672. The van der Waals surface area contributed by atoms with Gasteiger partial charge in [-0.05, 0) is 12.1 Å². The fraction of sp³-hybridized carbons (Fsp3) is 0.154. The van der Waals surface area contributed by atoms with Crippen molar-refractivity contribution in [3.05, 3.63) is 41.7 Å². The van der Waals surface area contributed by atoms with E-state index >= 15 is 0 Å². The highest BCUT2D eigenvalue weighted by atomic mass is 19.1. The molecule has 0 spiro atoms. The van der Waals surface area contributed by atoms with Crippen molar-refractivity contribution < 1.29 is 29.0 Å². The van der Waals surface area contributed by atoms with E-state index in [1.807, 2.05) is 5.32 Å². The highest BCUT2D eigenvalue weighted by molar-refractivity contribution is 5.95. The Hall–Kier alpha value is -2.70. The summed E-state index contributed by atoms with van der Waals surface area (Å²) in [4.78, 5) is 32.6. The smallest absolute Gasteiger partial charge is 0.326 e. The minimum absolute atomic E-state index is 0.160. The SMILES string of the molecule is O=C(O)C[C@H](NC(=O)/C=C/c1ccccc1F)C(=O)O. The minimum atomic E-state index is -1.54. The number of rotatable bonds is 6. The summed E-state index contributed by atoms with van der Waals surface area (Å²) < 4.78 is 13.2. The van der Waals surface area contributed by atoms with E-state index in [1.54, 1.807) is 6.07 Å². The molecule has 1 rings (SSSR count). The van der Waals surface area contributed by atoms with Gasteiger partial charge in [-0.2, -0.15) is 0 Å². The Morgan fingerprint density at radius 1 is 1.25 bits per heavy atom. The van der Waals surface area contributed by atoms with Gasteiger partial charge in [0.2, 0.25) is 5.91 Å². The maximum absolute atomic E-state index is 13.2. The third-order valence-corrected chi connectivity index (χ3v) is 2.31. The minimum Gasteiger partial charge on any atom is -0.481 e. The summed E-state index contributed by atoms with van der Waals surface area (Å²) in [6, 6.07) is 4.17. The zero-order valence-electron chi connectivity index (χ0n) is 10.2. The molecule has 20 heavy (non-hydrogen) atoms. The second-order valence-corrected chi connectivity index (χ2v) is 3.85. The molecule has 0 aliphatic heterocycles. The van der Waals surface area contributed by atoms with Gasteiger partial charge in [-0.25, -0.2) is 9.18 Å². The summed E-state index contributed by atoms with van der Waals surface area (Å²) in [5, 5.41) is 19.3. The van der Waals surface area contributed by atoms with Crippen LogP contribution < -0.4 is 5.32 Å². The molecule has 1 aromatic carbocycles. The molecule has 1 amide bonds. The van der Waals surface area contributed by atoms with Crippen LogP contribution in [0, 0.1) is 5.82 Å². The van der Waals surface area contributed by atoms with Gasteiger partial charge in [-0.15, -0.1) is 0 Å². The predicted octanol–water partition coefficient (Wildman–Crippen LogP) is 0.883. The Morgan fingerprint density at radius 2 is 1.90 bits per heavy atom. The number of hydrogen-bond acceptors (Lipinski definition) is 3. The molecular weight excluding hydrogens is 269 g/mol. The first-order chi connectivity index (χ1) is 9.40. The lowest BCUT2D eigenvalue weighted by atomic mass is 10.2. The van der Waals surface area contributed by atoms with Crippen molar-refractivity contribution >= 4 is 23.9 Å². The molecule has 0 saturated heterocycles. The lowest BCUT2D eigenvalue weighted by Crippen LogP contribution is -2.41. The molecule has 0 aliphatic carbocycles. The van der Waals surface area contributed by atoms with Crippen molar-refractivity contribution in [3.8, 4) is 0 Å². The number of benzene rings is 1. The van der Waals surface area contributed by atoms with Crippen LogP contribution in [0.25, 0.3) is 6.08 Å². The number of carbonyl (C=O) groups is 3. The van der Waals surface area contributed by atoms with Gasteiger partial charge in [-0.1, -0.05) is 18.2 Å². The van der Waals surface area contributed by atoms with Crippen molar-refractivity contribution in [2.24, 2.45) is 0 Å². The van der Waals surface area contributed by atoms with E-state index in [0.717, 1.165) is 6.08 Å². The molecule has 0 bridgehead atoms. The summed E-state index contributed by atoms with van der Waals surface area (Å²) in [7, 11) is 0. The van der Waals surface area contributed by atoms with E-state index in [4.69, 9.17) is 10.2 Å². The highest BCUT2D eigenvalue weighted by Gasteiger charge is 2.21. The Bertz CT molecular complexity index is 555. The van der Waals surface area contributed by atoms with Gasteiger partial charge in [-0.3, -0.25) is 9.59 Å². The maximum atomic E-state index is 13.2. The molecule has 1 atom stereocenters. The fourth-order valence-electron chi connectivity index (χ4n) is 1.37. The average molecular weight is 281 g/mol. The van der Waals surface area contributed by atoms with Crippen LogP contribution in [0.4, 0.5) is 4.39 Å². The van der Waals surface area contributed by atoms with Crippen molar-refractivity contribution in [2.75, 3.05) is 0 Å². The van der Waals surface area contributed by atoms with Crippen LogP contribution >= 0.6 is 0 Å². The van der Waals surface area contributed by atoms with Crippen LogP contribution in [0.2, 0.25) is 0 Å². The first-order valence-electron chi connectivity index (χ1n) is 5.58. The summed E-state index contributed by atoms with van der Waals surface area (Å²) in [6.45, 7) is 0. The van der Waals surface area contributed by atoms with E-state index in [0.29, 0.717) is 0 Å². The lowest BCUT2D eigenvalue weighted by Gasteiger charge is -2.10. The monoisotopic (exact) mass is 281 g/mol. The molecule has 6 nitrogen and oxygen atoms in total. The standard InChI is InChI=1S/C13H12FNO5/c14-9-4-2-1-3-8(9)5-6-11(16)15-10(13(19)20)7-12(17)18/h1-6,10H,7H2,(H,15,16)(H,17,18)(H,19,20)/b6-5+/t10-/m0/s1. The van der Waals surface area contributed by atoms with Crippen LogP contribution in [0.5, 0.6) is 0 Å². The topological polar surface area (TPSA) is 104 Å². The predicted molar refractivity (Wildman–Crippen MR) is 67.3 cm³/mol.